The molecule has 1 aromatic heterocycles. The fourth-order valence-electron chi connectivity index (χ4n) is 1.80. The molecule has 3 nitrogen and oxygen atoms in total. The van der Waals surface area contributed by atoms with Gasteiger partial charge in [0.2, 0.25) is 0 Å². The number of benzene rings is 1. The van der Waals surface area contributed by atoms with Crippen molar-refractivity contribution in [1.82, 2.24) is 9.97 Å². The van der Waals surface area contributed by atoms with Crippen molar-refractivity contribution in [3.05, 3.63) is 45.8 Å². The summed E-state index contributed by atoms with van der Waals surface area (Å²) in [6.45, 7) is 1.81. The maximum atomic E-state index is 13.0. The SMILES string of the molecule is CCc1c(Cl)ncnc1Nc1ccc(Cl)cc1C(F)(F)F. The quantitative estimate of drug-likeness (QED) is 0.792. The van der Waals surface area contributed by atoms with Crippen molar-refractivity contribution in [2.45, 2.75) is 19.5 Å². The molecule has 1 heterocycles. The van der Waals surface area contributed by atoms with E-state index >= 15 is 0 Å². The van der Waals surface area contributed by atoms with Crippen LogP contribution in [0.25, 0.3) is 0 Å². The van der Waals surface area contributed by atoms with Gasteiger partial charge in [0, 0.05) is 10.6 Å². The zero-order valence-corrected chi connectivity index (χ0v) is 12.3. The van der Waals surface area contributed by atoms with E-state index in [1.165, 1.54) is 18.5 Å². The third kappa shape index (κ3) is 3.57. The highest BCUT2D eigenvalue weighted by atomic mass is 35.5. The van der Waals surface area contributed by atoms with E-state index in [-0.39, 0.29) is 21.7 Å². The van der Waals surface area contributed by atoms with Crippen LogP contribution in [0.3, 0.4) is 0 Å². The van der Waals surface area contributed by atoms with Crippen LogP contribution in [0.1, 0.15) is 18.1 Å². The summed E-state index contributed by atoms with van der Waals surface area (Å²) in [5.74, 6) is 0.241. The van der Waals surface area contributed by atoms with E-state index in [1.54, 1.807) is 0 Å². The molecule has 0 aliphatic heterocycles. The molecule has 8 heteroatoms. The molecule has 0 aliphatic carbocycles. The first-order chi connectivity index (χ1) is 9.82. The average Bonchev–Trinajstić information content (AvgIpc) is 2.40. The maximum absolute atomic E-state index is 13.0. The van der Waals surface area contributed by atoms with Crippen LogP contribution in [0, 0.1) is 0 Å². The molecule has 0 fully saturated rings. The van der Waals surface area contributed by atoms with Crippen molar-refractivity contribution in [3.8, 4) is 0 Å². The highest BCUT2D eigenvalue weighted by Crippen LogP contribution is 2.38. The predicted molar refractivity (Wildman–Crippen MR) is 76.2 cm³/mol. The van der Waals surface area contributed by atoms with Crippen LogP contribution < -0.4 is 5.32 Å². The Morgan fingerprint density at radius 2 is 1.90 bits per heavy atom. The number of nitrogens with one attached hydrogen (secondary N) is 1. The summed E-state index contributed by atoms with van der Waals surface area (Å²) in [4.78, 5) is 7.75. The van der Waals surface area contributed by atoms with Crippen molar-refractivity contribution in [3.63, 3.8) is 0 Å². The largest absolute Gasteiger partial charge is 0.418 e. The van der Waals surface area contributed by atoms with Crippen molar-refractivity contribution in [1.29, 1.82) is 0 Å². The molecule has 0 aliphatic rings. The van der Waals surface area contributed by atoms with E-state index in [0.29, 0.717) is 12.0 Å². The molecule has 0 saturated carbocycles. The lowest BCUT2D eigenvalue weighted by Gasteiger charge is -2.16. The minimum absolute atomic E-state index is 0.00399. The van der Waals surface area contributed by atoms with Gasteiger partial charge < -0.3 is 5.32 Å². The number of hydrogen-bond acceptors (Lipinski definition) is 3. The molecule has 0 saturated heterocycles. The van der Waals surface area contributed by atoms with Gasteiger partial charge in [-0.2, -0.15) is 13.2 Å². The molecular weight excluding hydrogens is 326 g/mol. The van der Waals surface area contributed by atoms with Crippen LogP contribution in [-0.4, -0.2) is 9.97 Å². The Hall–Kier alpha value is -1.53. The average molecular weight is 336 g/mol. The maximum Gasteiger partial charge on any atom is 0.418 e. The number of alkyl halides is 3. The molecule has 0 bridgehead atoms. The first-order valence-electron chi connectivity index (χ1n) is 5.96. The van der Waals surface area contributed by atoms with Crippen molar-refractivity contribution in [2.24, 2.45) is 0 Å². The van der Waals surface area contributed by atoms with Gasteiger partial charge in [0.05, 0.1) is 11.3 Å². The molecule has 0 amide bonds. The van der Waals surface area contributed by atoms with Gasteiger partial charge >= 0.3 is 6.18 Å². The summed E-state index contributed by atoms with van der Waals surface area (Å²) in [6.07, 6.45) is -2.86. The molecule has 2 rings (SSSR count). The Bertz CT molecular complexity index is 660. The summed E-state index contributed by atoms with van der Waals surface area (Å²) >= 11 is 11.6. The zero-order valence-electron chi connectivity index (χ0n) is 10.8. The van der Waals surface area contributed by atoms with Gasteiger partial charge in [-0.1, -0.05) is 30.1 Å². The van der Waals surface area contributed by atoms with E-state index in [0.717, 1.165) is 6.07 Å². The van der Waals surface area contributed by atoms with Crippen LogP contribution in [0.2, 0.25) is 10.2 Å². The monoisotopic (exact) mass is 335 g/mol. The summed E-state index contributed by atoms with van der Waals surface area (Å²) < 4.78 is 39.1. The van der Waals surface area contributed by atoms with E-state index in [9.17, 15) is 13.2 Å². The van der Waals surface area contributed by atoms with Gasteiger partial charge in [-0.25, -0.2) is 9.97 Å². The summed E-state index contributed by atoms with van der Waals surface area (Å²) in [5, 5.41) is 2.86. The van der Waals surface area contributed by atoms with Crippen LogP contribution in [0.15, 0.2) is 24.5 Å². The molecule has 1 aromatic carbocycles. The van der Waals surface area contributed by atoms with Crippen LogP contribution in [-0.2, 0) is 12.6 Å². The van der Waals surface area contributed by atoms with Gasteiger partial charge in [0.1, 0.15) is 17.3 Å². The van der Waals surface area contributed by atoms with Gasteiger partial charge in [-0.3, -0.25) is 0 Å². The minimum Gasteiger partial charge on any atom is -0.339 e. The fraction of sp³-hybridized carbons (Fsp3) is 0.231. The lowest BCUT2D eigenvalue weighted by molar-refractivity contribution is -0.136. The Morgan fingerprint density at radius 3 is 2.52 bits per heavy atom. The number of nitrogens with zero attached hydrogens (tertiary/aromatic N) is 2. The zero-order chi connectivity index (χ0) is 15.6. The van der Waals surface area contributed by atoms with Crippen LogP contribution in [0.4, 0.5) is 24.7 Å². The standard InChI is InChI=1S/C13H10Cl2F3N3/c1-2-8-11(15)19-6-20-12(8)21-10-4-3-7(14)5-9(10)13(16,17)18/h3-6H,2H2,1H3,(H,19,20,21). The molecule has 0 spiro atoms. The lowest BCUT2D eigenvalue weighted by Crippen LogP contribution is -2.10. The Labute approximate surface area is 129 Å². The molecular formula is C13H10Cl2F3N3. The second kappa shape index (κ2) is 6.07. The highest BCUT2D eigenvalue weighted by Gasteiger charge is 2.34. The molecule has 2 aromatic rings. The smallest absolute Gasteiger partial charge is 0.339 e. The number of rotatable bonds is 3. The Morgan fingerprint density at radius 1 is 1.19 bits per heavy atom. The first-order valence-corrected chi connectivity index (χ1v) is 6.71. The summed E-state index contributed by atoms with van der Waals surface area (Å²) in [7, 11) is 0. The third-order valence-corrected chi connectivity index (χ3v) is 3.35. The summed E-state index contributed by atoms with van der Waals surface area (Å²) in [6, 6.07) is 3.48. The van der Waals surface area contributed by atoms with Gasteiger partial charge in [-0.05, 0) is 24.6 Å². The van der Waals surface area contributed by atoms with Crippen molar-refractivity contribution >= 4 is 34.7 Å². The molecule has 0 unspecified atom stereocenters. The van der Waals surface area contributed by atoms with E-state index in [4.69, 9.17) is 23.2 Å². The van der Waals surface area contributed by atoms with Crippen molar-refractivity contribution < 1.29 is 13.2 Å². The van der Waals surface area contributed by atoms with Gasteiger partial charge in [0.15, 0.2) is 0 Å². The topological polar surface area (TPSA) is 37.8 Å². The fourth-order valence-corrected chi connectivity index (χ4v) is 2.24. The number of hydrogen-bond donors (Lipinski definition) is 1. The Balaban J connectivity index is 2.48. The normalized spacial score (nSPS) is 11.5. The minimum atomic E-state index is -4.53. The van der Waals surface area contributed by atoms with Crippen molar-refractivity contribution in [2.75, 3.05) is 5.32 Å². The predicted octanol–water partition coefficient (Wildman–Crippen LogP) is 5.11. The highest BCUT2D eigenvalue weighted by molar-refractivity contribution is 6.31. The van der Waals surface area contributed by atoms with E-state index in [2.05, 4.69) is 15.3 Å². The second-order valence-corrected chi connectivity index (χ2v) is 4.95. The summed E-state index contributed by atoms with van der Waals surface area (Å²) in [5.41, 5.74) is -0.467. The van der Waals surface area contributed by atoms with E-state index < -0.39 is 11.7 Å². The Kier molecular flexibility index (Phi) is 4.58. The third-order valence-electron chi connectivity index (χ3n) is 2.79. The molecule has 21 heavy (non-hydrogen) atoms. The molecule has 112 valence electrons. The van der Waals surface area contributed by atoms with Gasteiger partial charge in [-0.15, -0.1) is 0 Å². The molecule has 1 N–H and O–H groups in total. The van der Waals surface area contributed by atoms with Crippen LogP contribution >= 0.6 is 23.2 Å². The molecule has 0 radical (unpaired) electrons. The first kappa shape index (κ1) is 15.9. The molecule has 0 atom stereocenters. The van der Waals surface area contributed by atoms with E-state index in [1.807, 2.05) is 6.92 Å². The van der Waals surface area contributed by atoms with Gasteiger partial charge in [0.25, 0.3) is 0 Å². The van der Waals surface area contributed by atoms with Crippen LogP contribution in [0.5, 0.6) is 0 Å². The second-order valence-electron chi connectivity index (χ2n) is 4.16. The number of aromatic nitrogens is 2. The number of anilines is 2. The number of halogens is 5. The lowest BCUT2D eigenvalue weighted by atomic mass is 10.1.